The summed E-state index contributed by atoms with van der Waals surface area (Å²) in [5, 5.41) is 4.51. The Morgan fingerprint density at radius 1 is 1.53 bits per heavy atom. The van der Waals surface area contributed by atoms with Crippen LogP contribution in [0.3, 0.4) is 0 Å². The van der Waals surface area contributed by atoms with Crippen LogP contribution in [0.2, 0.25) is 0 Å². The Labute approximate surface area is 113 Å². The number of rotatable bonds is 5. The zero-order chi connectivity index (χ0) is 13.4. The third-order valence-corrected chi connectivity index (χ3v) is 3.61. The molecule has 0 aromatic carbocycles. The van der Waals surface area contributed by atoms with Gasteiger partial charge < -0.3 is 15.1 Å². The van der Waals surface area contributed by atoms with Gasteiger partial charge in [-0.25, -0.2) is 4.68 Å². The van der Waals surface area contributed by atoms with Crippen LogP contribution in [0.25, 0.3) is 0 Å². The summed E-state index contributed by atoms with van der Waals surface area (Å²) in [4.78, 5) is 2.33. The van der Waals surface area contributed by atoms with E-state index in [4.69, 9.17) is 10.2 Å². The highest BCUT2D eigenvalue weighted by atomic mass is 16.3. The predicted molar refractivity (Wildman–Crippen MR) is 75.0 cm³/mol. The first-order valence-electron chi connectivity index (χ1n) is 6.82. The van der Waals surface area contributed by atoms with Gasteiger partial charge in [-0.3, -0.25) is 0 Å². The molecule has 2 N–H and O–H groups in total. The molecule has 1 aliphatic carbocycles. The molecule has 2 aromatic heterocycles. The molecular weight excluding hydrogens is 240 g/mol. The van der Waals surface area contributed by atoms with E-state index in [2.05, 4.69) is 16.9 Å². The lowest BCUT2D eigenvalue weighted by molar-refractivity contribution is 0.496. The lowest BCUT2D eigenvalue weighted by Crippen LogP contribution is -2.28. The molecule has 0 atom stereocenters. The number of nitrogens with zero attached hydrogens (tertiary/aromatic N) is 3. The molecule has 0 radical (unpaired) electrons. The Balaban J connectivity index is 1.96. The van der Waals surface area contributed by atoms with Crippen LogP contribution in [-0.4, -0.2) is 15.8 Å². The summed E-state index contributed by atoms with van der Waals surface area (Å²) in [7, 11) is 0. The zero-order valence-corrected chi connectivity index (χ0v) is 11.5. The van der Waals surface area contributed by atoms with Gasteiger partial charge in [-0.1, -0.05) is 0 Å². The molecule has 5 heteroatoms. The highest BCUT2D eigenvalue weighted by Crippen LogP contribution is 2.37. The summed E-state index contributed by atoms with van der Waals surface area (Å²) in [6.45, 7) is 5.64. The Bertz CT molecular complexity index is 554. The summed E-state index contributed by atoms with van der Waals surface area (Å²) in [5.41, 5.74) is 7.92. The summed E-state index contributed by atoms with van der Waals surface area (Å²) in [6, 6.07) is 4.49. The van der Waals surface area contributed by atoms with E-state index in [-0.39, 0.29) is 0 Å². The van der Waals surface area contributed by atoms with Crippen molar-refractivity contribution in [3.05, 3.63) is 29.9 Å². The molecule has 0 amide bonds. The van der Waals surface area contributed by atoms with Crippen molar-refractivity contribution < 1.29 is 4.42 Å². The van der Waals surface area contributed by atoms with Gasteiger partial charge >= 0.3 is 0 Å². The number of hydrogen-bond donors (Lipinski definition) is 1. The van der Waals surface area contributed by atoms with Gasteiger partial charge in [0.15, 0.2) is 5.82 Å². The molecule has 1 saturated carbocycles. The maximum atomic E-state index is 6.22. The minimum Gasteiger partial charge on any atom is -0.467 e. The molecule has 5 nitrogen and oxygen atoms in total. The van der Waals surface area contributed by atoms with Crippen molar-refractivity contribution in [3.63, 3.8) is 0 Å². The zero-order valence-electron chi connectivity index (χ0n) is 11.5. The highest BCUT2D eigenvalue weighted by molar-refractivity contribution is 5.67. The van der Waals surface area contributed by atoms with E-state index >= 15 is 0 Å². The normalized spacial score (nSPS) is 14.8. The van der Waals surface area contributed by atoms with Gasteiger partial charge in [-0.05, 0) is 38.8 Å². The SMILES string of the molecule is CCn1nc(C)c(N)c1N(Cc1ccco1)C1CC1. The van der Waals surface area contributed by atoms with E-state index in [9.17, 15) is 0 Å². The minimum atomic E-state index is 0.564. The maximum absolute atomic E-state index is 6.22. The van der Waals surface area contributed by atoms with Crippen LogP contribution in [0, 0.1) is 6.92 Å². The van der Waals surface area contributed by atoms with Crippen molar-refractivity contribution in [2.75, 3.05) is 10.6 Å². The van der Waals surface area contributed by atoms with Gasteiger partial charge in [0.25, 0.3) is 0 Å². The first-order valence-corrected chi connectivity index (χ1v) is 6.82. The van der Waals surface area contributed by atoms with E-state index < -0.39 is 0 Å². The first kappa shape index (κ1) is 12.1. The summed E-state index contributed by atoms with van der Waals surface area (Å²) in [6.07, 6.45) is 4.15. The number of nitrogens with two attached hydrogens (primary N) is 1. The molecule has 102 valence electrons. The average molecular weight is 260 g/mol. The smallest absolute Gasteiger partial charge is 0.151 e. The molecule has 0 saturated heterocycles. The molecule has 1 aliphatic rings. The van der Waals surface area contributed by atoms with E-state index in [1.165, 1.54) is 12.8 Å². The van der Waals surface area contributed by atoms with Crippen molar-refractivity contribution in [3.8, 4) is 0 Å². The fourth-order valence-electron chi connectivity index (χ4n) is 2.44. The molecule has 0 bridgehead atoms. The Hall–Kier alpha value is -1.91. The second kappa shape index (κ2) is 4.64. The number of aromatic nitrogens is 2. The average Bonchev–Trinajstić information content (AvgIpc) is 3.05. The highest BCUT2D eigenvalue weighted by Gasteiger charge is 2.33. The fourth-order valence-corrected chi connectivity index (χ4v) is 2.44. The van der Waals surface area contributed by atoms with Crippen LogP contribution >= 0.6 is 0 Å². The van der Waals surface area contributed by atoms with E-state index in [1.54, 1.807) is 6.26 Å². The molecule has 19 heavy (non-hydrogen) atoms. The van der Waals surface area contributed by atoms with Gasteiger partial charge in [0, 0.05) is 12.6 Å². The van der Waals surface area contributed by atoms with Crippen molar-refractivity contribution in [2.45, 2.75) is 45.8 Å². The molecule has 1 fully saturated rings. The van der Waals surface area contributed by atoms with Crippen LogP contribution < -0.4 is 10.6 Å². The monoisotopic (exact) mass is 260 g/mol. The quantitative estimate of drug-likeness (QED) is 0.897. The number of anilines is 2. The van der Waals surface area contributed by atoms with Gasteiger partial charge in [0.1, 0.15) is 5.76 Å². The lowest BCUT2D eigenvalue weighted by Gasteiger charge is -2.24. The van der Waals surface area contributed by atoms with E-state index in [0.29, 0.717) is 6.04 Å². The second-order valence-corrected chi connectivity index (χ2v) is 5.08. The van der Waals surface area contributed by atoms with Crippen LogP contribution in [0.15, 0.2) is 22.8 Å². The number of hydrogen-bond acceptors (Lipinski definition) is 4. The van der Waals surface area contributed by atoms with Crippen molar-refractivity contribution in [1.82, 2.24) is 9.78 Å². The van der Waals surface area contributed by atoms with Crippen LogP contribution in [-0.2, 0) is 13.1 Å². The maximum Gasteiger partial charge on any atom is 0.151 e. The molecule has 0 spiro atoms. The topological polar surface area (TPSA) is 60.2 Å². The van der Waals surface area contributed by atoms with Crippen LogP contribution in [0.1, 0.15) is 31.2 Å². The number of aryl methyl sites for hydroxylation is 2. The van der Waals surface area contributed by atoms with Crippen molar-refractivity contribution >= 4 is 11.5 Å². The third-order valence-electron chi connectivity index (χ3n) is 3.61. The minimum absolute atomic E-state index is 0.564. The predicted octanol–water partition coefficient (Wildman–Crippen LogP) is 2.56. The standard InChI is InChI=1S/C14H20N4O/c1-3-18-14(13(15)10(2)16-18)17(11-6-7-11)9-12-5-4-8-19-12/h4-5,8,11H,3,6-7,9,15H2,1-2H3. The second-order valence-electron chi connectivity index (χ2n) is 5.08. The number of furan rings is 1. The molecular formula is C14H20N4O. The summed E-state index contributed by atoms with van der Waals surface area (Å²) < 4.78 is 7.46. The lowest BCUT2D eigenvalue weighted by atomic mass is 10.3. The fraction of sp³-hybridized carbons (Fsp3) is 0.500. The largest absolute Gasteiger partial charge is 0.467 e. The molecule has 0 aliphatic heterocycles. The summed E-state index contributed by atoms with van der Waals surface area (Å²) >= 11 is 0. The van der Waals surface area contributed by atoms with Gasteiger partial charge in [-0.2, -0.15) is 5.10 Å². The van der Waals surface area contributed by atoms with Gasteiger partial charge in [-0.15, -0.1) is 0 Å². The number of nitrogen functional groups attached to an aromatic ring is 1. The van der Waals surface area contributed by atoms with Gasteiger partial charge in [0.2, 0.25) is 0 Å². The van der Waals surface area contributed by atoms with Crippen molar-refractivity contribution in [2.24, 2.45) is 0 Å². The Morgan fingerprint density at radius 2 is 2.32 bits per heavy atom. The molecule has 3 rings (SSSR count). The van der Waals surface area contributed by atoms with Crippen LogP contribution in [0.5, 0.6) is 0 Å². The van der Waals surface area contributed by atoms with E-state index in [0.717, 1.165) is 36.0 Å². The molecule has 0 unspecified atom stereocenters. The van der Waals surface area contributed by atoms with Gasteiger partial charge in [0.05, 0.1) is 24.2 Å². The van der Waals surface area contributed by atoms with Crippen molar-refractivity contribution in [1.29, 1.82) is 0 Å². The molecule has 2 heterocycles. The first-order chi connectivity index (χ1) is 9.20. The van der Waals surface area contributed by atoms with Crippen LogP contribution in [0.4, 0.5) is 11.5 Å². The Morgan fingerprint density at radius 3 is 2.89 bits per heavy atom. The Kier molecular flexibility index (Phi) is 2.97. The molecule has 2 aromatic rings. The van der Waals surface area contributed by atoms with E-state index in [1.807, 2.05) is 23.7 Å². The summed E-state index contributed by atoms with van der Waals surface area (Å²) in [5.74, 6) is 2.01. The third kappa shape index (κ3) is 2.20.